The number of pyridine rings is 1. The summed E-state index contributed by atoms with van der Waals surface area (Å²) in [5.41, 5.74) is 1.75. The third-order valence-corrected chi connectivity index (χ3v) is 5.38. The normalized spacial score (nSPS) is 11.8. The lowest BCUT2D eigenvalue weighted by Crippen LogP contribution is -2.43. The molecule has 0 aliphatic heterocycles. The van der Waals surface area contributed by atoms with Crippen LogP contribution in [0.3, 0.4) is 0 Å². The van der Waals surface area contributed by atoms with Gasteiger partial charge in [0, 0.05) is 31.5 Å². The van der Waals surface area contributed by atoms with E-state index in [2.05, 4.69) is 54.1 Å². The van der Waals surface area contributed by atoms with Crippen LogP contribution in [0.1, 0.15) is 39.6 Å². The number of carbonyl (C=O) groups excluding carboxylic acids is 1. The fourth-order valence-electron chi connectivity index (χ4n) is 3.69. The van der Waals surface area contributed by atoms with Gasteiger partial charge in [-0.05, 0) is 40.7 Å². The predicted molar refractivity (Wildman–Crippen MR) is 123 cm³/mol. The van der Waals surface area contributed by atoms with Crippen molar-refractivity contribution in [2.45, 2.75) is 46.2 Å². The fourth-order valence-corrected chi connectivity index (χ4v) is 3.69. The highest BCUT2D eigenvalue weighted by molar-refractivity contribution is 5.83. The maximum atomic E-state index is 12.2. The lowest BCUT2D eigenvalue weighted by atomic mass is 10.1. The molecule has 0 unspecified atom stereocenters. The van der Waals surface area contributed by atoms with E-state index in [4.69, 9.17) is 0 Å². The number of rotatable bonds is 6. The summed E-state index contributed by atoms with van der Waals surface area (Å²) in [6.45, 7) is 9.85. The smallest absolute Gasteiger partial charge is 0.247 e. The van der Waals surface area contributed by atoms with Crippen molar-refractivity contribution in [2.75, 3.05) is 12.4 Å². The van der Waals surface area contributed by atoms with Crippen molar-refractivity contribution in [1.29, 1.82) is 0 Å². The first kappa shape index (κ1) is 21.4. The number of carbonyl (C=O) groups is 1. The minimum absolute atomic E-state index is 0.138. The quantitative estimate of drug-likeness (QED) is 0.480. The molecule has 4 heterocycles. The lowest BCUT2D eigenvalue weighted by Gasteiger charge is -2.22. The monoisotopic (exact) mass is 433 g/mol. The first-order valence-electron chi connectivity index (χ1n) is 10.4. The molecule has 0 saturated heterocycles. The molecule has 32 heavy (non-hydrogen) atoms. The molecule has 1 amide bonds. The van der Waals surface area contributed by atoms with Gasteiger partial charge < -0.3 is 15.2 Å². The lowest BCUT2D eigenvalue weighted by molar-refractivity contribution is -0.128. The zero-order chi connectivity index (χ0) is 23.0. The molecule has 2 N–H and O–H groups in total. The molecule has 4 rings (SSSR count). The van der Waals surface area contributed by atoms with E-state index < -0.39 is 5.54 Å². The molecular formula is C22H27N9O. The summed E-state index contributed by atoms with van der Waals surface area (Å²) in [7, 11) is 1.60. The van der Waals surface area contributed by atoms with Crippen LogP contribution in [0, 0.1) is 6.92 Å². The van der Waals surface area contributed by atoms with Crippen LogP contribution >= 0.6 is 0 Å². The molecule has 4 aromatic heterocycles. The summed E-state index contributed by atoms with van der Waals surface area (Å²) in [5, 5.41) is 10.3. The number of anilines is 2. The number of likely N-dealkylation sites (N-methyl/N-ethyl adjacent to an activating group) is 1. The van der Waals surface area contributed by atoms with E-state index in [1.165, 1.54) is 0 Å². The van der Waals surface area contributed by atoms with E-state index in [9.17, 15) is 4.79 Å². The highest BCUT2D eigenvalue weighted by atomic mass is 16.2. The summed E-state index contributed by atoms with van der Waals surface area (Å²) >= 11 is 0. The summed E-state index contributed by atoms with van der Waals surface area (Å²) in [6.07, 6.45) is 6.85. The number of fused-ring (bicyclic) bond motifs is 1. The van der Waals surface area contributed by atoms with Crippen LogP contribution in [0.5, 0.6) is 0 Å². The van der Waals surface area contributed by atoms with Gasteiger partial charge >= 0.3 is 0 Å². The van der Waals surface area contributed by atoms with Crippen molar-refractivity contribution in [3.63, 3.8) is 0 Å². The molecule has 4 aromatic rings. The van der Waals surface area contributed by atoms with Gasteiger partial charge in [-0.3, -0.25) is 9.48 Å². The Kier molecular flexibility index (Phi) is 5.37. The third-order valence-electron chi connectivity index (χ3n) is 5.38. The highest BCUT2D eigenvalue weighted by Gasteiger charge is 2.30. The summed E-state index contributed by atoms with van der Waals surface area (Å²) in [4.78, 5) is 30.2. The Morgan fingerprint density at radius 3 is 2.62 bits per heavy atom. The summed E-state index contributed by atoms with van der Waals surface area (Å²) in [6, 6.07) is 4.04. The molecule has 0 aromatic carbocycles. The number of nitrogens with one attached hydrogen (secondary N) is 2. The van der Waals surface area contributed by atoms with Crippen molar-refractivity contribution in [3.8, 4) is 11.4 Å². The number of hydrogen-bond donors (Lipinski definition) is 2. The van der Waals surface area contributed by atoms with E-state index in [0.29, 0.717) is 23.0 Å². The van der Waals surface area contributed by atoms with Crippen molar-refractivity contribution < 1.29 is 4.79 Å². The Morgan fingerprint density at radius 2 is 1.91 bits per heavy atom. The first-order valence-corrected chi connectivity index (χ1v) is 10.4. The number of aromatic nitrogens is 7. The largest absolute Gasteiger partial charge is 0.357 e. The van der Waals surface area contributed by atoms with E-state index in [-0.39, 0.29) is 11.9 Å². The molecule has 0 radical (unpaired) electrons. The average molecular weight is 434 g/mol. The average Bonchev–Trinajstić information content (AvgIpc) is 3.37. The minimum atomic E-state index is -0.834. The maximum Gasteiger partial charge on any atom is 0.247 e. The van der Waals surface area contributed by atoms with Crippen LogP contribution in [-0.2, 0) is 10.3 Å². The van der Waals surface area contributed by atoms with Gasteiger partial charge in [0.05, 0.1) is 23.5 Å². The number of amides is 1. The van der Waals surface area contributed by atoms with Crippen LogP contribution in [0.25, 0.3) is 22.4 Å². The second kappa shape index (κ2) is 8.03. The van der Waals surface area contributed by atoms with Gasteiger partial charge in [-0.2, -0.15) is 5.10 Å². The molecule has 166 valence electrons. The molecule has 0 fully saturated rings. The van der Waals surface area contributed by atoms with Crippen LogP contribution in [0.4, 0.5) is 11.6 Å². The molecular weight excluding hydrogens is 406 g/mol. The fraction of sp³-hybridized carbons (Fsp3) is 0.364. The Labute approximate surface area is 186 Å². The first-order chi connectivity index (χ1) is 15.2. The maximum absolute atomic E-state index is 12.2. The van der Waals surface area contributed by atoms with Gasteiger partial charge in [0.15, 0.2) is 5.82 Å². The molecule has 0 saturated carbocycles. The Bertz CT molecular complexity index is 1290. The molecule has 0 atom stereocenters. The third kappa shape index (κ3) is 3.79. The van der Waals surface area contributed by atoms with Gasteiger partial charge in [-0.25, -0.2) is 19.9 Å². The van der Waals surface area contributed by atoms with E-state index >= 15 is 0 Å². The number of hydrogen-bond acceptors (Lipinski definition) is 7. The topological polar surface area (TPSA) is 115 Å². The van der Waals surface area contributed by atoms with E-state index in [1.54, 1.807) is 56.4 Å². The van der Waals surface area contributed by atoms with Crippen molar-refractivity contribution in [1.82, 2.24) is 39.6 Å². The molecule has 0 spiro atoms. The van der Waals surface area contributed by atoms with Gasteiger partial charge in [-0.15, -0.1) is 0 Å². The highest BCUT2D eigenvalue weighted by Crippen LogP contribution is 2.25. The summed E-state index contributed by atoms with van der Waals surface area (Å²) in [5.74, 6) is 2.58. The number of nitrogens with zero attached hydrogens (tertiary/aromatic N) is 7. The van der Waals surface area contributed by atoms with Crippen molar-refractivity contribution in [3.05, 3.63) is 42.7 Å². The van der Waals surface area contributed by atoms with Gasteiger partial charge in [-0.1, -0.05) is 0 Å². The second-order valence-corrected chi connectivity index (χ2v) is 8.38. The SMILES string of the molecule is CNC(=O)C(C)(C)n1cc(-c2nccc(Nc3cc4c(cn3)nc(C)n4C(C)C)n2)cn1. The van der Waals surface area contributed by atoms with Crippen molar-refractivity contribution >= 4 is 28.6 Å². The van der Waals surface area contributed by atoms with Crippen LogP contribution in [-0.4, -0.2) is 47.2 Å². The standard InChI is InChI=1S/C22H27N9O/c1-13(2)31-14(3)27-16-11-25-19(9-17(16)31)28-18-7-8-24-20(29-18)15-10-26-30(12-15)22(4,5)21(32)23-6/h7-13H,1-6H3,(H,23,32)(H,24,25,28,29). The molecule has 10 heteroatoms. The molecule has 0 aliphatic carbocycles. The van der Waals surface area contributed by atoms with Crippen LogP contribution < -0.4 is 10.6 Å². The zero-order valence-corrected chi connectivity index (χ0v) is 19.1. The van der Waals surface area contributed by atoms with E-state index in [0.717, 1.165) is 16.9 Å². The Hall–Kier alpha value is -3.82. The predicted octanol–water partition coefficient (Wildman–Crippen LogP) is 3.20. The van der Waals surface area contributed by atoms with Crippen LogP contribution in [0.15, 0.2) is 36.9 Å². The van der Waals surface area contributed by atoms with E-state index in [1.807, 2.05) is 13.0 Å². The van der Waals surface area contributed by atoms with Gasteiger partial charge in [0.25, 0.3) is 0 Å². The molecule has 0 bridgehead atoms. The van der Waals surface area contributed by atoms with Crippen LogP contribution in [0.2, 0.25) is 0 Å². The minimum Gasteiger partial charge on any atom is -0.357 e. The molecule has 0 aliphatic rings. The number of aryl methyl sites for hydroxylation is 1. The van der Waals surface area contributed by atoms with Gasteiger partial charge in [0.1, 0.15) is 28.5 Å². The number of imidazole rings is 1. The molecule has 10 nitrogen and oxygen atoms in total. The Balaban J connectivity index is 1.62. The Morgan fingerprint density at radius 1 is 1.12 bits per heavy atom. The summed E-state index contributed by atoms with van der Waals surface area (Å²) < 4.78 is 3.78. The second-order valence-electron chi connectivity index (χ2n) is 8.38. The zero-order valence-electron chi connectivity index (χ0n) is 19.1. The van der Waals surface area contributed by atoms with Gasteiger partial charge in [0.2, 0.25) is 5.91 Å². The van der Waals surface area contributed by atoms with Crippen molar-refractivity contribution in [2.24, 2.45) is 0 Å².